The lowest BCUT2D eigenvalue weighted by molar-refractivity contribution is -0.159. The average molecular weight is 419 g/mol. The lowest BCUT2D eigenvalue weighted by Crippen LogP contribution is -2.34. The van der Waals surface area contributed by atoms with Crippen molar-refractivity contribution in [1.29, 1.82) is 0 Å². The van der Waals surface area contributed by atoms with Gasteiger partial charge in [0.1, 0.15) is 13.2 Å². The van der Waals surface area contributed by atoms with Gasteiger partial charge in [0.2, 0.25) is 0 Å². The maximum absolute atomic E-state index is 12.4. The highest BCUT2D eigenvalue weighted by Gasteiger charge is 2.51. The third kappa shape index (κ3) is 4.22. The van der Waals surface area contributed by atoms with Crippen LogP contribution in [0.2, 0.25) is 0 Å². The summed E-state index contributed by atoms with van der Waals surface area (Å²) in [5, 5.41) is 0. The molecule has 6 unspecified atom stereocenters. The summed E-state index contributed by atoms with van der Waals surface area (Å²) in [5.74, 6) is 1.49. The molecule has 30 heavy (non-hydrogen) atoms. The zero-order valence-corrected chi connectivity index (χ0v) is 18.1. The second-order valence-corrected chi connectivity index (χ2v) is 9.71. The van der Waals surface area contributed by atoms with E-state index in [0.717, 1.165) is 25.7 Å². The van der Waals surface area contributed by atoms with Crippen LogP contribution in [0.25, 0.3) is 0 Å². The number of allylic oxidation sites excluding steroid dienone is 4. The minimum atomic E-state index is -0.370. The van der Waals surface area contributed by atoms with Gasteiger partial charge in [0, 0.05) is 0 Å². The summed E-state index contributed by atoms with van der Waals surface area (Å²) in [6, 6.07) is 0. The predicted molar refractivity (Wildman–Crippen MR) is 110 cm³/mol. The van der Waals surface area contributed by atoms with E-state index in [1.165, 1.54) is 0 Å². The van der Waals surface area contributed by atoms with Gasteiger partial charge in [-0.2, -0.15) is 0 Å². The molecule has 0 radical (unpaired) electrons. The fourth-order valence-electron chi connectivity index (χ4n) is 5.70. The molecular formula is C24H34O6. The molecule has 0 aromatic carbocycles. The molecule has 2 fully saturated rings. The quantitative estimate of drug-likeness (QED) is 0.291. The Labute approximate surface area is 179 Å². The van der Waals surface area contributed by atoms with Crippen LogP contribution < -0.4 is 0 Å². The topological polar surface area (TPSA) is 71.1 Å². The zero-order chi connectivity index (χ0) is 21.2. The van der Waals surface area contributed by atoms with Crippen molar-refractivity contribution in [3.05, 3.63) is 24.3 Å². The molecule has 4 aliphatic rings. The number of esters is 2. The fourth-order valence-corrected chi connectivity index (χ4v) is 5.70. The Morgan fingerprint density at radius 1 is 0.700 bits per heavy atom. The van der Waals surface area contributed by atoms with Gasteiger partial charge in [0.05, 0.1) is 37.3 Å². The number of ether oxygens (including phenoxy) is 4. The van der Waals surface area contributed by atoms with E-state index in [9.17, 15) is 9.59 Å². The fraction of sp³-hybridized carbons (Fsp3) is 0.750. The Balaban J connectivity index is 0.995. The van der Waals surface area contributed by atoms with E-state index in [0.29, 0.717) is 50.1 Å². The molecule has 0 saturated heterocycles. The van der Waals surface area contributed by atoms with E-state index >= 15 is 0 Å². The Bertz CT molecular complexity index is 654. The van der Waals surface area contributed by atoms with Crippen molar-refractivity contribution >= 4 is 11.9 Å². The first-order valence-corrected chi connectivity index (χ1v) is 11.3. The second-order valence-electron chi connectivity index (χ2n) is 9.71. The lowest BCUT2D eigenvalue weighted by atomic mass is 9.78. The number of hydrogen-bond donors (Lipinski definition) is 0. The van der Waals surface area contributed by atoms with Crippen LogP contribution in [0, 0.1) is 34.5 Å². The van der Waals surface area contributed by atoms with Crippen molar-refractivity contribution in [2.75, 3.05) is 39.6 Å². The SMILES string of the molecule is CC1(C(=O)OCCOCCOCCOC(=O)C2(C)CC3C=CC2C3)CC2C=CC1C2. The van der Waals surface area contributed by atoms with Crippen LogP contribution in [0.15, 0.2) is 24.3 Å². The lowest BCUT2D eigenvalue weighted by Gasteiger charge is -2.28. The summed E-state index contributed by atoms with van der Waals surface area (Å²) in [7, 11) is 0. The van der Waals surface area contributed by atoms with Crippen LogP contribution in [0.5, 0.6) is 0 Å². The summed E-state index contributed by atoms with van der Waals surface area (Å²) >= 11 is 0. The van der Waals surface area contributed by atoms with Crippen molar-refractivity contribution in [2.24, 2.45) is 34.5 Å². The highest BCUT2D eigenvalue weighted by Crippen LogP contribution is 2.53. The largest absolute Gasteiger partial charge is 0.463 e. The molecule has 4 aliphatic carbocycles. The van der Waals surface area contributed by atoms with Crippen LogP contribution in [0.1, 0.15) is 39.5 Å². The molecule has 4 rings (SSSR count). The van der Waals surface area contributed by atoms with E-state index in [4.69, 9.17) is 18.9 Å². The van der Waals surface area contributed by atoms with Crippen LogP contribution in [0.4, 0.5) is 0 Å². The van der Waals surface area contributed by atoms with E-state index in [1.54, 1.807) is 0 Å². The third-order valence-electron chi connectivity index (χ3n) is 7.58. The second kappa shape index (κ2) is 8.83. The van der Waals surface area contributed by atoms with Crippen LogP contribution >= 0.6 is 0 Å². The molecule has 6 heteroatoms. The van der Waals surface area contributed by atoms with Gasteiger partial charge in [-0.25, -0.2) is 0 Å². The maximum atomic E-state index is 12.4. The number of carbonyl (C=O) groups excluding carboxylic acids is 2. The van der Waals surface area contributed by atoms with Crippen molar-refractivity contribution in [2.45, 2.75) is 39.5 Å². The van der Waals surface area contributed by atoms with Gasteiger partial charge in [-0.15, -0.1) is 0 Å². The molecule has 0 spiro atoms. The summed E-state index contributed by atoms with van der Waals surface area (Å²) in [6.45, 7) is 6.12. The highest BCUT2D eigenvalue weighted by molar-refractivity contribution is 5.78. The minimum Gasteiger partial charge on any atom is -0.463 e. The number of fused-ring (bicyclic) bond motifs is 4. The van der Waals surface area contributed by atoms with Gasteiger partial charge in [-0.1, -0.05) is 24.3 Å². The summed E-state index contributed by atoms with van der Waals surface area (Å²) in [6.07, 6.45) is 12.7. The Kier molecular flexibility index (Phi) is 6.35. The molecular weight excluding hydrogens is 384 g/mol. The molecule has 4 bridgehead atoms. The summed E-state index contributed by atoms with van der Waals surface area (Å²) in [5.41, 5.74) is -0.739. The average Bonchev–Trinajstić information content (AvgIpc) is 3.50. The Morgan fingerprint density at radius 3 is 1.43 bits per heavy atom. The molecule has 0 aliphatic heterocycles. The van der Waals surface area contributed by atoms with E-state index in [2.05, 4.69) is 24.3 Å². The normalized spacial score (nSPS) is 37.8. The molecule has 6 atom stereocenters. The van der Waals surface area contributed by atoms with Crippen LogP contribution in [0.3, 0.4) is 0 Å². The third-order valence-corrected chi connectivity index (χ3v) is 7.58. The molecule has 0 aromatic rings. The molecule has 0 heterocycles. The molecule has 0 amide bonds. The molecule has 6 nitrogen and oxygen atoms in total. The van der Waals surface area contributed by atoms with Gasteiger partial charge >= 0.3 is 11.9 Å². The van der Waals surface area contributed by atoms with Gasteiger partial charge in [-0.3, -0.25) is 9.59 Å². The minimum absolute atomic E-state index is 0.110. The van der Waals surface area contributed by atoms with Gasteiger partial charge in [0.25, 0.3) is 0 Å². The Hall–Kier alpha value is -1.66. The van der Waals surface area contributed by atoms with Crippen molar-refractivity contribution in [3.63, 3.8) is 0 Å². The van der Waals surface area contributed by atoms with E-state index in [1.807, 2.05) is 13.8 Å². The van der Waals surface area contributed by atoms with E-state index in [-0.39, 0.29) is 36.0 Å². The number of hydrogen-bond acceptors (Lipinski definition) is 6. The molecule has 166 valence electrons. The first-order valence-electron chi connectivity index (χ1n) is 11.3. The first-order chi connectivity index (χ1) is 14.4. The monoisotopic (exact) mass is 418 g/mol. The van der Waals surface area contributed by atoms with Gasteiger partial charge < -0.3 is 18.9 Å². The smallest absolute Gasteiger partial charge is 0.312 e. The molecule has 0 aromatic heterocycles. The Morgan fingerprint density at radius 2 is 1.10 bits per heavy atom. The standard InChI is InChI=1S/C24H34O6/c1-23(15-17-3-5-19(23)13-17)21(25)29-11-9-27-7-8-28-10-12-30-22(26)24(2)16-18-4-6-20(24)14-18/h3-6,17-20H,7-16H2,1-2H3. The summed E-state index contributed by atoms with van der Waals surface area (Å²) < 4.78 is 21.8. The maximum Gasteiger partial charge on any atom is 0.312 e. The number of rotatable bonds is 11. The first kappa shape index (κ1) is 21.6. The molecule has 0 N–H and O–H groups in total. The van der Waals surface area contributed by atoms with Gasteiger partial charge in [-0.05, 0) is 63.2 Å². The van der Waals surface area contributed by atoms with Crippen molar-refractivity contribution < 1.29 is 28.5 Å². The molecule has 2 saturated carbocycles. The van der Waals surface area contributed by atoms with Crippen molar-refractivity contribution in [3.8, 4) is 0 Å². The highest BCUT2D eigenvalue weighted by atomic mass is 16.6. The van der Waals surface area contributed by atoms with Crippen molar-refractivity contribution in [1.82, 2.24) is 0 Å². The van der Waals surface area contributed by atoms with Crippen LogP contribution in [-0.2, 0) is 28.5 Å². The van der Waals surface area contributed by atoms with Gasteiger partial charge in [0.15, 0.2) is 0 Å². The van der Waals surface area contributed by atoms with Crippen LogP contribution in [-0.4, -0.2) is 51.6 Å². The predicted octanol–water partition coefficient (Wildman–Crippen LogP) is 3.31. The zero-order valence-electron chi connectivity index (χ0n) is 18.1. The summed E-state index contributed by atoms with van der Waals surface area (Å²) in [4.78, 5) is 24.8. The number of carbonyl (C=O) groups is 2. The van der Waals surface area contributed by atoms with E-state index < -0.39 is 0 Å².